The molecule has 1 unspecified atom stereocenters. The average Bonchev–Trinajstić information content (AvgIpc) is 3.35. The molecule has 0 saturated carbocycles. The van der Waals surface area contributed by atoms with Crippen molar-refractivity contribution in [2.75, 3.05) is 7.11 Å². The maximum atomic E-state index is 7.27. The van der Waals surface area contributed by atoms with Crippen LogP contribution in [-0.4, -0.2) is 21.6 Å². The zero-order chi connectivity index (χ0) is 25.9. The third kappa shape index (κ3) is 4.60. The first-order valence-electron chi connectivity index (χ1n) is 12.0. The molecule has 0 amide bonds. The first kappa shape index (κ1) is 25.4. The van der Waals surface area contributed by atoms with Gasteiger partial charge in [0.15, 0.2) is 0 Å². The molecule has 3 aromatic carbocycles. The number of methoxy groups -OCH3 is 1. The van der Waals surface area contributed by atoms with E-state index >= 15 is 0 Å². The number of ether oxygens (including phenoxy) is 1. The van der Waals surface area contributed by atoms with E-state index in [1.165, 1.54) is 5.56 Å². The number of pyridine rings is 1. The van der Waals surface area contributed by atoms with E-state index in [2.05, 4.69) is 42.2 Å². The summed E-state index contributed by atoms with van der Waals surface area (Å²) in [6.45, 7) is 6.09. The lowest BCUT2D eigenvalue weighted by Gasteiger charge is -2.31. The summed E-state index contributed by atoms with van der Waals surface area (Å²) in [5.41, 5.74) is 13.2. The van der Waals surface area contributed by atoms with Crippen LogP contribution in [0.2, 0.25) is 5.02 Å². The maximum absolute atomic E-state index is 7.27. The number of hydrogen-bond acceptors (Lipinski definition) is 4. The molecule has 36 heavy (non-hydrogen) atoms. The number of rotatable bonds is 5. The number of benzene rings is 3. The van der Waals surface area contributed by atoms with Crippen molar-refractivity contribution >= 4 is 22.5 Å². The van der Waals surface area contributed by atoms with Gasteiger partial charge >= 0.3 is 0 Å². The van der Waals surface area contributed by atoms with E-state index in [-0.39, 0.29) is 0 Å². The summed E-state index contributed by atoms with van der Waals surface area (Å²) in [6, 6.07) is 24.2. The van der Waals surface area contributed by atoms with E-state index in [0.717, 1.165) is 38.9 Å². The van der Waals surface area contributed by atoms with E-state index in [1.54, 1.807) is 13.4 Å². The molecule has 0 fully saturated rings. The Morgan fingerprint density at radius 3 is 2.31 bits per heavy atom. The van der Waals surface area contributed by atoms with Crippen LogP contribution in [0.15, 0.2) is 85.3 Å². The molecule has 2 aromatic heterocycles. The molecule has 1 atom stereocenters. The van der Waals surface area contributed by atoms with Crippen LogP contribution in [0.5, 0.6) is 5.88 Å². The molecule has 5 aromatic rings. The topological polar surface area (TPSA) is 66.0 Å². The fraction of sp³-hybridized carbons (Fsp3) is 0.200. The molecule has 6 heteroatoms. The Morgan fingerprint density at radius 1 is 0.944 bits per heavy atom. The quantitative estimate of drug-likeness (QED) is 0.287. The first-order chi connectivity index (χ1) is 17.4. The summed E-state index contributed by atoms with van der Waals surface area (Å²) < 4.78 is 7.46. The van der Waals surface area contributed by atoms with Crippen molar-refractivity contribution in [3.63, 3.8) is 0 Å². The Labute approximate surface area is 217 Å². The van der Waals surface area contributed by atoms with Crippen molar-refractivity contribution in [3.05, 3.63) is 113 Å². The molecule has 5 nitrogen and oxygen atoms in total. The van der Waals surface area contributed by atoms with Gasteiger partial charge in [0.25, 0.3) is 0 Å². The highest BCUT2D eigenvalue weighted by atomic mass is 35.5. The van der Waals surface area contributed by atoms with Crippen molar-refractivity contribution in [3.8, 4) is 17.0 Å². The van der Waals surface area contributed by atoms with E-state index in [1.807, 2.05) is 74.1 Å². The van der Waals surface area contributed by atoms with Crippen molar-refractivity contribution in [1.82, 2.24) is 14.5 Å². The van der Waals surface area contributed by atoms with Gasteiger partial charge in [-0.1, -0.05) is 73.5 Å². The molecule has 5 rings (SSSR count). The average molecular weight is 499 g/mol. The Morgan fingerprint density at radius 2 is 1.67 bits per heavy atom. The summed E-state index contributed by atoms with van der Waals surface area (Å²) in [7, 11) is 3.59. The Balaban J connectivity index is 0.00000148. The fourth-order valence-electron chi connectivity index (χ4n) is 4.52. The van der Waals surface area contributed by atoms with Crippen molar-refractivity contribution < 1.29 is 4.74 Å². The van der Waals surface area contributed by atoms with Crippen LogP contribution in [0.3, 0.4) is 0 Å². The number of hydrogen-bond donors (Lipinski definition) is 1. The third-order valence-electron chi connectivity index (χ3n) is 6.30. The molecule has 0 aliphatic heterocycles. The van der Waals surface area contributed by atoms with Crippen LogP contribution in [0, 0.1) is 6.92 Å². The lowest BCUT2D eigenvalue weighted by molar-refractivity contribution is 0.400. The number of aryl methyl sites for hydroxylation is 2. The molecule has 184 valence electrons. The van der Waals surface area contributed by atoms with E-state index in [0.29, 0.717) is 10.9 Å². The van der Waals surface area contributed by atoms with Gasteiger partial charge in [0.05, 0.1) is 30.8 Å². The van der Waals surface area contributed by atoms with Gasteiger partial charge in [-0.05, 0) is 53.4 Å². The van der Waals surface area contributed by atoms with E-state index in [9.17, 15) is 0 Å². The summed E-state index contributed by atoms with van der Waals surface area (Å²) in [5, 5.41) is 1.66. The highest BCUT2D eigenvalue weighted by Crippen LogP contribution is 2.38. The van der Waals surface area contributed by atoms with E-state index in [4.69, 9.17) is 27.1 Å². The fourth-order valence-corrected chi connectivity index (χ4v) is 4.64. The normalized spacial score (nSPS) is 12.5. The van der Waals surface area contributed by atoms with Gasteiger partial charge in [0.2, 0.25) is 5.88 Å². The second-order valence-electron chi connectivity index (χ2n) is 8.52. The SMILES string of the molecule is CC.COc1cc(-c2cccc(C)c2)c2cc(C(N)(c3ccc(Cl)cc3)c3cncn3C)ccc2n1. The molecule has 2 heterocycles. The molecular formula is C30H31ClN4O. The van der Waals surface area contributed by atoms with Crippen molar-refractivity contribution in [1.29, 1.82) is 0 Å². The molecule has 0 spiro atoms. The number of aromatic nitrogens is 3. The number of halogens is 1. The van der Waals surface area contributed by atoms with Crippen LogP contribution in [-0.2, 0) is 12.6 Å². The third-order valence-corrected chi connectivity index (χ3v) is 6.55. The van der Waals surface area contributed by atoms with Crippen LogP contribution >= 0.6 is 11.6 Å². The van der Waals surface area contributed by atoms with Crippen LogP contribution in [0.25, 0.3) is 22.0 Å². The van der Waals surface area contributed by atoms with Crippen molar-refractivity contribution in [2.24, 2.45) is 12.8 Å². The van der Waals surface area contributed by atoms with Gasteiger partial charge in [0, 0.05) is 23.5 Å². The van der Waals surface area contributed by atoms with Gasteiger partial charge < -0.3 is 15.0 Å². The van der Waals surface area contributed by atoms with Gasteiger partial charge in [-0.2, -0.15) is 0 Å². The summed E-state index contributed by atoms with van der Waals surface area (Å²) >= 11 is 6.19. The minimum atomic E-state index is -0.951. The minimum absolute atomic E-state index is 0.570. The second kappa shape index (κ2) is 10.5. The van der Waals surface area contributed by atoms with Crippen molar-refractivity contribution in [2.45, 2.75) is 26.3 Å². The molecule has 0 saturated heterocycles. The highest BCUT2D eigenvalue weighted by molar-refractivity contribution is 6.30. The number of nitrogens with two attached hydrogens (primary N) is 1. The minimum Gasteiger partial charge on any atom is -0.481 e. The standard InChI is InChI=1S/C28H25ClN4O.C2H6/c1-18-5-4-6-19(13-18)23-15-27(34-3)32-25-12-9-21(14-24(23)25)28(30,26-16-31-17-33(26)2)20-7-10-22(29)11-8-20;1-2/h4-17H,30H2,1-3H3;1-2H3. The highest BCUT2D eigenvalue weighted by Gasteiger charge is 2.35. The Kier molecular flexibility index (Phi) is 7.43. The van der Waals surface area contributed by atoms with Crippen LogP contribution in [0.1, 0.15) is 36.2 Å². The smallest absolute Gasteiger partial charge is 0.214 e. The number of fused-ring (bicyclic) bond motifs is 1. The first-order valence-corrected chi connectivity index (χ1v) is 12.4. The molecular weight excluding hydrogens is 468 g/mol. The Bertz CT molecular complexity index is 1490. The summed E-state index contributed by atoms with van der Waals surface area (Å²) in [6.07, 6.45) is 3.57. The van der Waals surface area contributed by atoms with E-state index < -0.39 is 5.54 Å². The number of imidazole rings is 1. The molecule has 0 aliphatic carbocycles. The monoisotopic (exact) mass is 498 g/mol. The maximum Gasteiger partial charge on any atom is 0.214 e. The molecule has 2 N–H and O–H groups in total. The summed E-state index contributed by atoms with van der Waals surface area (Å²) in [4.78, 5) is 9.04. The largest absolute Gasteiger partial charge is 0.481 e. The van der Waals surface area contributed by atoms with Crippen LogP contribution < -0.4 is 10.5 Å². The predicted octanol–water partition coefficient (Wildman–Crippen LogP) is 6.88. The molecule has 0 bridgehead atoms. The van der Waals surface area contributed by atoms with Crippen LogP contribution in [0.4, 0.5) is 0 Å². The second-order valence-corrected chi connectivity index (χ2v) is 8.95. The molecule has 0 aliphatic rings. The van der Waals surface area contributed by atoms with Gasteiger partial charge in [-0.15, -0.1) is 0 Å². The zero-order valence-electron chi connectivity index (χ0n) is 21.3. The Hall–Kier alpha value is -3.67. The zero-order valence-corrected chi connectivity index (χ0v) is 22.0. The lowest BCUT2D eigenvalue weighted by Crippen LogP contribution is -2.40. The molecule has 0 radical (unpaired) electrons. The number of nitrogens with zero attached hydrogens (tertiary/aromatic N) is 3. The lowest BCUT2D eigenvalue weighted by atomic mass is 9.80. The van der Waals surface area contributed by atoms with Gasteiger partial charge in [0.1, 0.15) is 5.54 Å². The van der Waals surface area contributed by atoms with Gasteiger partial charge in [-0.25, -0.2) is 9.97 Å². The van der Waals surface area contributed by atoms with Gasteiger partial charge in [-0.3, -0.25) is 0 Å². The predicted molar refractivity (Wildman–Crippen MR) is 149 cm³/mol. The summed E-state index contributed by atoms with van der Waals surface area (Å²) in [5.74, 6) is 0.570.